The number of Topliss-reactive ketones (excluding diaryl/α,β-unsaturated/α-hetero) is 1. The van der Waals surface area contributed by atoms with E-state index in [9.17, 15) is 61.9 Å². The molecule has 0 amide bonds. The van der Waals surface area contributed by atoms with E-state index in [1.807, 2.05) is 24.5 Å². The van der Waals surface area contributed by atoms with Crippen LogP contribution >= 0.6 is 0 Å². The van der Waals surface area contributed by atoms with E-state index in [0.717, 1.165) is 0 Å². The zero-order valence-corrected chi connectivity index (χ0v) is 31.1. The fourth-order valence-electron chi connectivity index (χ4n) is 6.58. The van der Waals surface area contributed by atoms with Crippen LogP contribution in [0.4, 0.5) is 92.2 Å². The standard InChI is InChI=1S/C24BF20.C15H14FOS/c26-5-1(6(27)14(35)21(42)13(5)34)25(2-7(28)15(36)22(43)16(37)8(2)29,3-9(30)17(38)23(44)18(39)10(3)31)4-11(32)19(40)24(45)20(41)12(4)33;1-18(15-10-6-5-9-13(15)16)11-14(17)12-7-3-2-4-8-12/h;2-10H,11H2,1H3/q-1;+1. The maximum atomic E-state index is 15.4. The fraction of sp³-hybridized carbons (Fsp3) is 0.0513. The lowest BCUT2D eigenvalue weighted by Gasteiger charge is -2.44. The first kappa shape index (κ1) is 48.0. The molecule has 0 heterocycles. The van der Waals surface area contributed by atoms with Gasteiger partial charge in [-0.25, -0.2) is 92.2 Å². The molecule has 0 aliphatic carbocycles. The number of halogens is 21. The molecule has 1 nitrogen and oxygen atoms in total. The maximum absolute atomic E-state index is 15.4. The summed E-state index contributed by atoms with van der Waals surface area (Å²) in [5, 5.41) is 0. The van der Waals surface area contributed by atoms with Gasteiger partial charge in [-0.15, -0.1) is 21.9 Å². The zero-order chi connectivity index (χ0) is 47.3. The molecular weight excluding hydrogens is 926 g/mol. The Bertz CT molecular complexity index is 2440. The van der Waals surface area contributed by atoms with Crippen LogP contribution in [-0.2, 0) is 10.9 Å². The van der Waals surface area contributed by atoms with Crippen molar-refractivity contribution in [2.24, 2.45) is 0 Å². The van der Waals surface area contributed by atoms with Crippen LogP contribution < -0.4 is 21.9 Å². The maximum Gasteiger partial charge on any atom is 0.212 e. The van der Waals surface area contributed by atoms with E-state index in [1.54, 1.807) is 30.3 Å². The molecule has 0 saturated carbocycles. The predicted molar refractivity (Wildman–Crippen MR) is 183 cm³/mol. The Morgan fingerprint density at radius 2 is 0.603 bits per heavy atom. The molecular formula is C39H14BF21OS. The summed E-state index contributed by atoms with van der Waals surface area (Å²) in [4.78, 5) is 12.7. The number of carbonyl (C=O) groups is 1. The molecule has 0 saturated heterocycles. The van der Waals surface area contributed by atoms with Gasteiger partial charge in [-0.05, 0) is 12.1 Å². The molecule has 332 valence electrons. The van der Waals surface area contributed by atoms with Crippen LogP contribution in [0, 0.1) is 122 Å². The van der Waals surface area contributed by atoms with Crippen molar-refractivity contribution in [3.8, 4) is 0 Å². The molecule has 0 aromatic heterocycles. The minimum atomic E-state index is -7.22. The van der Waals surface area contributed by atoms with Crippen LogP contribution in [0.15, 0.2) is 59.5 Å². The van der Waals surface area contributed by atoms with Crippen LogP contribution in [0.2, 0.25) is 0 Å². The smallest absolute Gasteiger partial charge is 0.212 e. The van der Waals surface area contributed by atoms with E-state index >= 15 is 35.1 Å². The van der Waals surface area contributed by atoms with Crippen LogP contribution in [0.3, 0.4) is 0 Å². The molecule has 1 atom stereocenters. The van der Waals surface area contributed by atoms with Gasteiger partial charge in [0.05, 0.1) is 0 Å². The summed E-state index contributed by atoms with van der Waals surface area (Å²) in [6, 6.07) is 15.8. The lowest BCUT2D eigenvalue weighted by Crippen LogP contribution is -2.81. The molecule has 0 N–H and O–H groups in total. The van der Waals surface area contributed by atoms with Crippen LogP contribution in [0.25, 0.3) is 0 Å². The first-order valence-corrected chi connectivity index (χ1v) is 18.4. The molecule has 0 aliphatic heterocycles. The van der Waals surface area contributed by atoms with E-state index in [2.05, 4.69) is 0 Å². The minimum Gasteiger partial charge on any atom is -0.289 e. The molecule has 0 spiro atoms. The van der Waals surface area contributed by atoms with Gasteiger partial charge >= 0.3 is 0 Å². The minimum absolute atomic E-state index is 0.0599. The third kappa shape index (κ3) is 7.75. The van der Waals surface area contributed by atoms with Crippen molar-refractivity contribution in [2.75, 3.05) is 12.0 Å². The Labute approximate surface area is 340 Å². The number of hydrogen-bond donors (Lipinski definition) is 0. The second-order valence-corrected chi connectivity index (χ2v) is 14.8. The molecule has 0 fully saturated rings. The van der Waals surface area contributed by atoms with E-state index < -0.39 is 155 Å². The molecule has 63 heavy (non-hydrogen) atoms. The van der Waals surface area contributed by atoms with Gasteiger partial charge in [-0.3, -0.25) is 4.79 Å². The number of carbonyl (C=O) groups excluding carboxylic acids is 1. The van der Waals surface area contributed by atoms with Crippen molar-refractivity contribution < 1.29 is 97.0 Å². The Balaban J connectivity index is 0.000000345. The number of benzene rings is 6. The Morgan fingerprint density at radius 3 is 0.873 bits per heavy atom. The molecule has 6 rings (SSSR count). The highest BCUT2D eigenvalue weighted by Crippen LogP contribution is 2.31. The van der Waals surface area contributed by atoms with Gasteiger partial charge in [0, 0.05) is 16.5 Å². The highest BCUT2D eigenvalue weighted by molar-refractivity contribution is 7.96. The van der Waals surface area contributed by atoms with Crippen molar-refractivity contribution in [1.82, 2.24) is 0 Å². The van der Waals surface area contributed by atoms with Gasteiger partial charge in [0.2, 0.25) is 5.78 Å². The van der Waals surface area contributed by atoms with Crippen LogP contribution in [0.1, 0.15) is 10.4 Å². The third-order valence-corrected chi connectivity index (χ3v) is 11.1. The van der Waals surface area contributed by atoms with Crippen molar-refractivity contribution in [1.29, 1.82) is 0 Å². The molecule has 0 radical (unpaired) electrons. The first-order chi connectivity index (χ1) is 29.4. The summed E-state index contributed by atoms with van der Waals surface area (Å²) in [5.74, 6) is -71.2. The summed E-state index contributed by atoms with van der Waals surface area (Å²) < 4.78 is 308. The molecule has 0 aliphatic rings. The summed E-state index contributed by atoms with van der Waals surface area (Å²) >= 11 is 0. The van der Waals surface area contributed by atoms with Crippen molar-refractivity contribution in [2.45, 2.75) is 4.90 Å². The lowest BCUT2D eigenvalue weighted by atomic mass is 9.12. The Morgan fingerprint density at radius 1 is 0.365 bits per heavy atom. The van der Waals surface area contributed by atoms with Gasteiger partial charge in [0.15, 0.2) is 86.3 Å². The molecule has 6 aromatic rings. The molecule has 1 unspecified atom stereocenters. The summed E-state index contributed by atoms with van der Waals surface area (Å²) in [7, 11) is -0.400. The third-order valence-electron chi connectivity index (χ3n) is 9.36. The Kier molecular flexibility index (Phi) is 13.7. The number of hydrogen-bond acceptors (Lipinski definition) is 1. The molecule has 24 heteroatoms. The summed E-state index contributed by atoms with van der Waals surface area (Å²) in [6.45, 7) is 0. The van der Waals surface area contributed by atoms with Gasteiger partial charge in [-0.2, -0.15) is 0 Å². The highest BCUT2D eigenvalue weighted by atomic mass is 32.2. The first-order valence-electron chi connectivity index (χ1n) is 16.6. The predicted octanol–water partition coefficient (Wildman–Crippen LogP) is 9.16. The second-order valence-electron chi connectivity index (χ2n) is 12.8. The zero-order valence-electron chi connectivity index (χ0n) is 30.2. The van der Waals surface area contributed by atoms with E-state index in [4.69, 9.17) is 0 Å². The Hall–Kier alpha value is -6.07. The van der Waals surface area contributed by atoms with Gasteiger partial charge in [0.25, 0.3) is 0 Å². The van der Waals surface area contributed by atoms with Crippen molar-refractivity contribution in [3.63, 3.8) is 0 Å². The summed E-state index contributed by atoms with van der Waals surface area (Å²) in [5.41, 5.74) is -13.6. The van der Waals surface area contributed by atoms with Crippen LogP contribution in [-0.4, -0.2) is 23.9 Å². The van der Waals surface area contributed by atoms with Crippen molar-refractivity contribution >= 4 is 44.7 Å². The van der Waals surface area contributed by atoms with Crippen LogP contribution in [0.5, 0.6) is 0 Å². The quantitative estimate of drug-likeness (QED) is 0.0372. The van der Waals surface area contributed by atoms with E-state index in [-0.39, 0.29) is 11.6 Å². The monoisotopic (exact) mass is 940 g/mol. The van der Waals surface area contributed by atoms with E-state index in [0.29, 0.717) is 16.2 Å². The second kappa shape index (κ2) is 18.0. The van der Waals surface area contributed by atoms with E-state index in [1.165, 1.54) is 6.07 Å². The normalized spacial score (nSPS) is 12.0. The summed E-state index contributed by atoms with van der Waals surface area (Å²) in [6.07, 6.45) is -5.32. The number of ketones is 1. The highest BCUT2D eigenvalue weighted by Gasteiger charge is 2.52. The molecule has 6 aromatic carbocycles. The topological polar surface area (TPSA) is 17.1 Å². The average Bonchev–Trinajstić information content (AvgIpc) is 3.26. The van der Waals surface area contributed by atoms with Crippen molar-refractivity contribution in [3.05, 3.63) is 182 Å². The largest absolute Gasteiger partial charge is 0.289 e. The number of rotatable bonds is 8. The van der Waals surface area contributed by atoms with Gasteiger partial charge < -0.3 is 0 Å². The van der Waals surface area contributed by atoms with Gasteiger partial charge in [-0.1, -0.05) is 42.5 Å². The molecule has 0 bridgehead atoms. The fourth-order valence-corrected chi connectivity index (χ4v) is 8.01. The average molecular weight is 940 g/mol. The SMILES string of the molecule is C[S+](CC(=O)c1ccccc1)c1ccccc1F.Fc1c(F)c(F)c([B-](c2c(F)c(F)c(F)c(F)c2F)(c2c(F)c(F)c(F)c(F)c2F)c2c(F)c(F)c(F)c(F)c2F)c(F)c1F. The lowest BCUT2D eigenvalue weighted by molar-refractivity contribution is 0.102. The van der Waals surface area contributed by atoms with Gasteiger partial charge in [0.1, 0.15) is 58.9 Å².